The molecule has 0 amide bonds. The van der Waals surface area contributed by atoms with E-state index >= 15 is 0 Å². The van der Waals surface area contributed by atoms with Crippen LogP contribution in [0.3, 0.4) is 0 Å². The molecule has 3 aliphatic rings. The van der Waals surface area contributed by atoms with Crippen molar-refractivity contribution in [2.75, 3.05) is 12.3 Å². The molecule has 0 saturated heterocycles. The van der Waals surface area contributed by atoms with Crippen LogP contribution in [0.2, 0.25) is 0 Å². The molecule has 0 bridgehead atoms. The average molecular weight is 639 g/mol. The Morgan fingerprint density at radius 1 is 1.09 bits per heavy atom. The van der Waals surface area contributed by atoms with Crippen molar-refractivity contribution < 1.29 is 25.2 Å². The number of benzene rings is 1. The maximum atomic E-state index is 11.7. The number of fused-ring (bicyclic) bond motifs is 4. The molecule has 0 radical (unpaired) electrons. The lowest BCUT2D eigenvalue weighted by Gasteiger charge is -2.32. The molecular formula is C39H48N3O5-. The van der Waals surface area contributed by atoms with Crippen LogP contribution in [-0.4, -0.2) is 50.3 Å². The largest absolute Gasteiger partial charge is 0.668 e. The van der Waals surface area contributed by atoms with Crippen molar-refractivity contribution >= 4 is 5.82 Å². The van der Waals surface area contributed by atoms with Gasteiger partial charge < -0.3 is 35.9 Å². The topological polar surface area (TPSA) is 143 Å². The number of hydrogen-bond acceptors (Lipinski definition) is 7. The Morgan fingerprint density at radius 2 is 1.94 bits per heavy atom. The molecule has 0 fully saturated rings. The number of phenolic OH excluding ortho intramolecular Hbond substituents is 1. The fourth-order valence-corrected chi connectivity index (χ4v) is 7.96. The number of rotatable bonds is 9. The first-order valence-electron chi connectivity index (χ1n) is 17.3. The zero-order valence-electron chi connectivity index (χ0n) is 27.3. The van der Waals surface area contributed by atoms with Gasteiger partial charge in [-0.15, -0.1) is 0 Å². The van der Waals surface area contributed by atoms with E-state index < -0.39 is 18.3 Å². The number of nitrogens with zero attached hydrogens (tertiary/aromatic N) is 2. The highest BCUT2D eigenvalue weighted by Crippen LogP contribution is 2.48. The van der Waals surface area contributed by atoms with Crippen LogP contribution in [0.5, 0.6) is 11.5 Å². The van der Waals surface area contributed by atoms with E-state index in [1.807, 2.05) is 30.3 Å². The van der Waals surface area contributed by atoms with Gasteiger partial charge in [0.1, 0.15) is 11.9 Å². The Kier molecular flexibility index (Phi) is 10.6. The van der Waals surface area contributed by atoms with Crippen LogP contribution in [0.4, 0.5) is 5.82 Å². The number of allylic oxidation sites excluding steroid dienone is 2. The van der Waals surface area contributed by atoms with Crippen LogP contribution in [0, 0.1) is 29.6 Å². The van der Waals surface area contributed by atoms with Crippen LogP contribution in [-0.2, 0) is 12.8 Å². The second-order valence-corrected chi connectivity index (χ2v) is 13.7. The van der Waals surface area contributed by atoms with Crippen LogP contribution in [0.25, 0.3) is 0 Å². The number of pyridine rings is 1. The number of aromatic nitrogens is 2. The summed E-state index contributed by atoms with van der Waals surface area (Å²) < 4.78 is 6.38. The summed E-state index contributed by atoms with van der Waals surface area (Å²) in [6.45, 7) is 1.94. The first-order chi connectivity index (χ1) is 22.8. The highest BCUT2D eigenvalue weighted by molar-refractivity contribution is 5.52. The standard InChI is InChI=1S/C39H48N3O5/c1-2-24-6-3-4-8-34(44)39-28(10-9-24)16-26-11-12-27-19-35(45)37(22-33(27)32(26)21-36(39)46)47-31(23-43)18-29(17-30-7-5-14-41-30)25-13-15-42-38(40)20-25/h5,7,13-16,19-20,22,24,28-29,31-32,34,36,39,43-46H,2-4,6,8,11-12,17-18,21,23H2,1H3,(H2,40,42)/q-1/t24-,28+,29+,31+,32-,34+,36-,39-/m1/s1. The maximum absolute atomic E-state index is 11.7. The van der Waals surface area contributed by atoms with Gasteiger partial charge in [-0.2, -0.15) is 11.9 Å². The summed E-state index contributed by atoms with van der Waals surface area (Å²) in [5.74, 6) is 7.43. The number of hydrogen-bond donors (Lipinski definition) is 5. The van der Waals surface area contributed by atoms with Crippen LogP contribution >= 0.6 is 0 Å². The molecule has 6 N–H and O–H groups in total. The van der Waals surface area contributed by atoms with E-state index in [4.69, 9.17) is 10.5 Å². The fourth-order valence-electron chi connectivity index (χ4n) is 7.96. The summed E-state index contributed by atoms with van der Waals surface area (Å²) in [7, 11) is 0. The maximum Gasteiger partial charge on any atom is 0.161 e. The molecule has 0 spiro atoms. The summed E-state index contributed by atoms with van der Waals surface area (Å²) >= 11 is 0. The number of nitrogen functional groups attached to an aromatic ring is 1. The van der Waals surface area contributed by atoms with Gasteiger partial charge in [-0.3, -0.25) is 0 Å². The van der Waals surface area contributed by atoms with E-state index in [-0.39, 0.29) is 36.0 Å². The molecule has 8 heteroatoms. The minimum absolute atomic E-state index is 0.0345. The molecule has 2 heterocycles. The molecule has 47 heavy (non-hydrogen) atoms. The lowest BCUT2D eigenvalue weighted by atomic mass is 9.76. The number of aromatic hydroxyl groups is 1. The van der Waals surface area contributed by atoms with Gasteiger partial charge in [0.15, 0.2) is 11.5 Å². The van der Waals surface area contributed by atoms with E-state index in [2.05, 4.69) is 34.8 Å². The van der Waals surface area contributed by atoms with E-state index in [9.17, 15) is 20.4 Å². The Hall–Kier alpha value is -3.77. The normalized spacial score (nSPS) is 27.0. The summed E-state index contributed by atoms with van der Waals surface area (Å²) in [5, 5.41) is 44.6. The molecule has 1 aromatic carbocycles. The van der Waals surface area contributed by atoms with Gasteiger partial charge >= 0.3 is 0 Å². The van der Waals surface area contributed by atoms with Crippen molar-refractivity contribution in [2.24, 2.45) is 17.8 Å². The molecule has 8 nitrogen and oxygen atoms in total. The van der Waals surface area contributed by atoms with Crippen molar-refractivity contribution in [2.45, 2.75) is 101 Å². The molecular weight excluding hydrogens is 590 g/mol. The minimum atomic E-state index is -0.727. The number of aryl methyl sites for hydroxylation is 1. The first-order valence-corrected chi connectivity index (χ1v) is 17.3. The zero-order chi connectivity index (χ0) is 32.9. The van der Waals surface area contributed by atoms with Gasteiger partial charge in [0.25, 0.3) is 0 Å². The third kappa shape index (κ3) is 7.70. The summed E-state index contributed by atoms with van der Waals surface area (Å²) in [5.41, 5.74) is 11.2. The molecule has 3 aromatic rings. The smallest absolute Gasteiger partial charge is 0.161 e. The lowest BCUT2D eigenvalue weighted by Crippen LogP contribution is -2.37. The van der Waals surface area contributed by atoms with Crippen LogP contribution in [0.15, 0.2) is 60.4 Å². The predicted octanol–water partition coefficient (Wildman–Crippen LogP) is 5.40. The number of phenols is 1. The molecule has 0 aliphatic heterocycles. The van der Waals surface area contributed by atoms with E-state index in [0.29, 0.717) is 43.2 Å². The van der Waals surface area contributed by atoms with Crippen molar-refractivity contribution in [1.82, 2.24) is 9.97 Å². The second kappa shape index (κ2) is 15.0. The summed E-state index contributed by atoms with van der Waals surface area (Å²) in [4.78, 5) is 8.60. The molecule has 3 aliphatic carbocycles. The Bertz CT molecular complexity index is 1590. The van der Waals surface area contributed by atoms with E-state index in [0.717, 1.165) is 60.9 Å². The van der Waals surface area contributed by atoms with Crippen molar-refractivity contribution in [3.63, 3.8) is 0 Å². The van der Waals surface area contributed by atoms with Gasteiger partial charge in [-0.05, 0) is 98.2 Å². The Morgan fingerprint density at radius 3 is 2.70 bits per heavy atom. The zero-order valence-corrected chi connectivity index (χ0v) is 27.3. The highest BCUT2D eigenvalue weighted by atomic mass is 16.5. The number of nitrogens with two attached hydrogens (primary N) is 1. The monoisotopic (exact) mass is 638 g/mol. The van der Waals surface area contributed by atoms with Gasteiger partial charge in [0.05, 0.1) is 18.8 Å². The first kappa shape index (κ1) is 33.1. The fraction of sp³-hybridized carbons (Fsp3) is 0.513. The summed E-state index contributed by atoms with van der Waals surface area (Å²) in [6.07, 6.45) is 11.6. The number of aliphatic hydroxyl groups is 3. The molecule has 6 rings (SSSR count). The van der Waals surface area contributed by atoms with Gasteiger partial charge in [-0.1, -0.05) is 55.4 Å². The third-order valence-corrected chi connectivity index (χ3v) is 10.5. The average Bonchev–Trinajstić information content (AvgIpc) is 3.53. The van der Waals surface area contributed by atoms with Crippen molar-refractivity contribution in [3.8, 4) is 23.3 Å². The SMILES string of the molecule is CC[C@H]1C#C[C@H]2C=C3CCc4cc(O)c(O[C@H](CO)C[C@H](Cc5ccc[n-]5)c5ccnc(N)c5)cc4[C@@H]3C[C@@H](O)[C@H]2[C@@H](O)CCCC1. The third-order valence-electron chi connectivity index (χ3n) is 10.5. The van der Waals surface area contributed by atoms with Crippen molar-refractivity contribution in [3.05, 3.63) is 82.8 Å². The van der Waals surface area contributed by atoms with Crippen LogP contribution < -0.4 is 15.5 Å². The highest BCUT2D eigenvalue weighted by Gasteiger charge is 2.40. The molecule has 250 valence electrons. The lowest BCUT2D eigenvalue weighted by molar-refractivity contribution is -0.00724. The number of aliphatic hydroxyl groups excluding tert-OH is 3. The van der Waals surface area contributed by atoms with Crippen LogP contribution in [0.1, 0.15) is 92.5 Å². The number of anilines is 1. The molecule has 2 aromatic heterocycles. The van der Waals surface area contributed by atoms with Crippen molar-refractivity contribution in [1.29, 1.82) is 0 Å². The van der Waals surface area contributed by atoms with E-state index in [1.54, 1.807) is 18.5 Å². The molecule has 8 atom stereocenters. The van der Waals surface area contributed by atoms with E-state index in [1.165, 1.54) is 5.57 Å². The molecule has 0 saturated carbocycles. The molecule has 0 unspecified atom stereocenters. The van der Waals surface area contributed by atoms with Gasteiger partial charge in [0.2, 0.25) is 0 Å². The Balaban J connectivity index is 1.28. The number of ether oxygens (including phenoxy) is 1. The second-order valence-electron chi connectivity index (χ2n) is 13.7. The van der Waals surface area contributed by atoms with Gasteiger partial charge in [-0.25, -0.2) is 4.98 Å². The minimum Gasteiger partial charge on any atom is -0.668 e. The summed E-state index contributed by atoms with van der Waals surface area (Å²) in [6, 6.07) is 11.3. The van der Waals surface area contributed by atoms with Gasteiger partial charge in [0, 0.05) is 29.9 Å². The Labute approximate surface area is 278 Å². The predicted molar refractivity (Wildman–Crippen MR) is 182 cm³/mol. The quantitative estimate of drug-likeness (QED) is 0.155.